The summed E-state index contributed by atoms with van der Waals surface area (Å²) >= 11 is 2.24. The van der Waals surface area contributed by atoms with Gasteiger partial charge in [-0.25, -0.2) is 0 Å². The zero-order valence-electron chi connectivity index (χ0n) is 15.4. The molecule has 1 saturated carbocycles. The van der Waals surface area contributed by atoms with Crippen molar-refractivity contribution < 1.29 is 0 Å². The molecule has 1 N–H and O–H groups in total. The van der Waals surface area contributed by atoms with Crippen LogP contribution in [0, 0.1) is 5.92 Å². The highest BCUT2D eigenvalue weighted by molar-refractivity contribution is 14.0. The van der Waals surface area contributed by atoms with Crippen molar-refractivity contribution in [3.05, 3.63) is 0 Å². The highest BCUT2D eigenvalue weighted by Gasteiger charge is 2.38. The van der Waals surface area contributed by atoms with E-state index in [-0.39, 0.29) is 24.0 Å². The van der Waals surface area contributed by atoms with Crippen LogP contribution in [-0.2, 0) is 0 Å². The van der Waals surface area contributed by atoms with E-state index in [0.29, 0.717) is 4.75 Å². The summed E-state index contributed by atoms with van der Waals surface area (Å²) in [6.07, 6.45) is 8.39. The third kappa shape index (κ3) is 5.40. The second-order valence-corrected chi connectivity index (χ2v) is 9.19. The van der Waals surface area contributed by atoms with Gasteiger partial charge in [-0.05, 0) is 45.7 Å². The van der Waals surface area contributed by atoms with E-state index in [4.69, 9.17) is 4.99 Å². The van der Waals surface area contributed by atoms with Crippen LogP contribution in [0.5, 0.6) is 0 Å². The zero-order chi connectivity index (χ0) is 16.1. The standard InChI is InChI=1S/C18H34N4S.HI/c1-3-19-17(20-13-16-7-10-21(2)14-16)22-11-12-23-18(15-22)8-5-4-6-9-18;/h16H,3-15H2,1-2H3,(H,19,20);1H. The minimum atomic E-state index is 0. The van der Waals surface area contributed by atoms with Crippen LogP contribution in [0.15, 0.2) is 4.99 Å². The Labute approximate surface area is 169 Å². The van der Waals surface area contributed by atoms with Gasteiger partial charge >= 0.3 is 0 Å². The minimum absolute atomic E-state index is 0. The van der Waals surface area contributed by atoms with Crippen molar-refractivity contribution in [1.29, 1.82) is 0 Å². The van der Waals surface area contributed by atoms with Gasteiger partial charge in [0, 0.05) is 43.2 Å². The molecule has 0 aromatic carbocycles. The number of nitrogens with one attached hydrogen (secondary N) is 1. The zero-order valence-corrected chi connectivity index (χ0v) is 18.6. The molecule has 1 aliphatic carbocycles. The van der Waals surface area contributed by atoms with Crippen molar-refractivity contribution in [1.82, 2.24) is 15.1 Å². The molecule has 3 fully saturated rings. The molecule has 0 radical (unpaired) electrons. The van der Waals surface area contributed by atoms with Crippen LogP contribution in [0.4, 0.5) is 0 Å². The fraction of sp³-hybridized carbons (Fsp3) is 0.944. The first-order chi connectivity index (χ1) is 11.2. The van der Waals surface area contributed by atoms with Crippen molar-refractivity contribution in [2.45, 2.75) is 50.2 Å². The summed E-state index contributed by atoms with van der Waals surface area (Å²) in [4.78, 5) is 10.0. The van der Waals surface area contributed by atoms with E-state index in [0.717, 1.165) is 25.6 Å². The number of halogens is 1. The highest BCUT2D eigenvalue weighted by atomic mass is 127. The van der Waals surface area contributed by atoms with E-state index in [1.54, 1.807) is 0 Å². The molecule has 0 bridgehead atoms. The molecule has 3 aliphatic rings. The monoisotopic (exact) mass is 466 g/mol. The van der Waals surface area contributed by atoms with Crippen molar-refractivity contribution in [3.8, 4) is 0 Å². The summed E-state index contributed by atoms with van der Waals surface area (Å²) in [6.45, 7) is 8.96. The van der Waals surface area contributed by atoms with Gasteiger partial charge in [0.25, 0.3) is 0 Å². The van der Waals surface area contributed by atoms with Gasteiger partial charge in [-0.1, -0.05) is 19.3 Å². The predicted molar refractivity (Wildman–Crippen MR) is 117 cm³/mol. The largest absolute Gasteiger partial charge is 0.357 e. The Hall–Kier alpha value is 0.310. The number of likely N-dealkylation sites (tertiary alicyclic amines) is 1. The smallest absolute Gasteiger partial charge is 0.193 e. The lowest BCUT2D eigenvalue weighted by atomic mass is 9.87. The lowest BCUT2D eigenvalue weighted by molar-refractivity contribution is 0.293. The lowest BCUT2D eigenvalue weighted by Gasteiger charge is -2.45. The third-order valence-corrected chi connectivity index (χ3v) is 7.17. The predicted octanol–water partition coefficient (Wildman–Crippen LogP) is 3.27. The Morgan fingerprint density at radius 1 is 1.25 bits per heavy atom. The van der Waals surface area contributed by atoms with Gasteiger partial charge in [0.2, 0.25) is 0 Å². The number of guanidine groups is 1. The first-order valence-corrected chi connectivity index (χ1v) is 10.6. The lowest BCUT2D eigenvalue weighted by Crippen LogP contribution is -2.53. The molecule has 6 heteroatoms. The van der Waals surface area contributed by atoms with Crippen molar-refractivity contribution >= 4 is 41.7 Å². The molecule has 2 aliphatic heterocycles. The molecule has 2 heterocycles. The van der Waals surface area contributed by atoms with Crippen LogP contribution < -0.4 is 5.32 Å². The molecule has 1 spiro atoms. The van der Waals surface area contributed by atoms with E-state index in [1.165, 1.54) is 69.9 Å². The average molecular weight is 466 g/mol. The first-order valence-electron chi connectivity index (χ1n) is 9.56. The number of rotatable bonds is 3. The third-order valence-electron chi connectivity index (χ3n) is 5.64. The fourth-order valence-corrected chi connectivity index (χ4v) is 5.91. The van der Waals surface area contributed by atoms with Gasteiger partial charge < -0.3 is 15.1 Å². The summed E-state index contributed by atoms with van der Waals surface area (Å²) < 4.78 is 0.514. The van der Waals surface area contributed by atoms with E-state index in [1.807, 2.05) is 0 Å². The molecule has 1 unspecified atom stereocenters. The van der Waals surface area contributed by atoms with Gasteiger partial charge in [0.1, 0.15) is 0 Å². The number of hydrogen-bond donors (Lipinski definition) is 1. The van der Waals surface area contributed by atoms with Crippen LogP contribution in [-0.4, -0.2) is 72.6 Å². The fourth-order valence-electron chi connectivity index (χ4n) is 4.34. The first kappa shape index (κ1) is 20.6. The summed E-state index contributed by atoms with van der Waals surface area (Å²) in [7, 11) is 2.23. The van der Waals surface area contributed by atoms with Crippen LogP contribution in [0.2, 0.25) is 0 Å². The summed E-state index contributed by atoms with van der Waals surface area (Å²) in [5.41, 5.74) is 0. The number of nitrogens with zero attached hydrogens (tertiary/aromatic N) is 3. The van der Waals surface area contributed by atoms with Crippen LogP contribution in [0.1, 0.15) is 45.4 Å². The Balaban J connectivity index is 0.00000208. The van der Waals surface area contributed by atoms with E-state index in [9.17, 15) is 0 Å². The van der Waals surface area contributed by atoms with Crippen LogP contribution in [0.25, 0.3) is 0 Å². The minimum Gasteiger partial charge on any atom is -0.357 e. The molecule has 4 nitrogen and oxygen atoms in total. The maximum Gasteiger partial charge on any atom is 0.193 e. The molecule has 1 atom stereocenters. The molecule has 0 amide bonds. The van der Waals surface area contributed by atoms with Crippen LogP contribution >= 0.6 is 35.7 Å². The topological polar surface area (TPSA) is 30.9 Å². The van der Waals surface area contributed by atoms with E-state index in [2.05, 4.69) is 40.8 Å². The Morgan fingerprint density at radius 3 is 2.71 bits per heavy atom. The Kier molecular flexibility index (Phi) is 8.47. The molecular formula is C18H35IN4S. The highest BCUT2D eigenvalue weighted by Crippen LogP contribution is 2.42. The van der Waals surface area contributed by atoms with Gasteiger partial charge in [0.15, 0.2) is 5.96 Å². The van der Waals surface area contributed by atoms with Gasteiger partial charge in [-0.3, -0.25) is 4.99 Å². The second-order valence-electron chi connectivity index (χ2n) is 7.63. The maximum absolute atomic E-state index is 5.03. The van der Waals surface area contributed by atoms with E-state index >= 15 is 0 Å². The van der Waals surface area contributed by atoms with Crippen molar-refractivity contribution in [2.75, 3.05) is 52.1 Å². The van der Waals surface area contributed by atoms with E-state index < -0.39 is 0 Å². The SMILES string of the molecule is CCNC(=NCC1CCN(C)C1)N1CCSC2(CCCCC2)C1.I. The number of aliphatic imine (C=N–C) groups is 1. The summed E-state index contributed by atoms with van der Waals surface area (Å²) in [6, 6.07) is 0. The molecule has 24 heavy (non-hydrogen) atoms. The normalized spacial score (nSPS) is 28.0. The summed E-state index contributed by atoms with van der Waals surface area (Å²) in [5, 5.41) is 3.56. The molecule has 0 aromatic heterocycles. The van der Waals surface area contributed by atoms with Gasteiger partial charge in [-0.2, -0.15) is 11.8 Å². The van der Waals surface area contributed by atoms with Crippen LogP contribution in [0.3, 0.4) is 0 Å². The van der Waals surface area contributed by atoms with Crippen molar-refractivity contribution in [2.24, 2.45) is 10.9 Å². The molecule has 140 valence electrons. The molecule has 3 rings (SSSR count). The van der Waals surface area contributed by atoms with Gasteiger partial charge in [-0.15, -0.1) is 24.0 Å². The quantitative estimate of drug-likeness (QED) is 0.393. The molecular weight excluding hydrogens is 431 g/mol. The number of thioether (sulfide) groups is 1. The Bertz CT molecular complexity index is 406. The molecule has 2 saturated heterocycles. The average Bonchev–Trinajstić information content (AvgIpc) is 2.98. The maximum atomic E-state index is 5.03. The summed E-state index contributed by atoms with van der Waals surface area (Å²) in [5.74, 6) is 3.18. The second kappa shape index (κ2) is 9.86. The van der Waals surface area contributed by atoms with Crippen molar-refractivity contribution in [3.63, 3.8) is 0 Å². The Morgan fingerprint density at radius 2 is 2.04 bits per heavy atom. The molecule has 0 aromatic rings. The number of hydrogen-bond acceptors (Lipinski definition) is 3. The van der Waals surface area contributed by atoms with Gasteiger partial charge in [0.05, 0.1) is 0 Å².